The minimum atomic E-state index is -0.0809. The lowest BCUT2D eigenvalue weighted by Gasteiger charge is -2.39. The Kier molecular flexibility index (Phi) is 4.94. The highest BCUT2D eigenvalue weighted by Crippen LogP contribution is 2.42. The first kappa shape index (κ1) is 17.7. The minimum absolute atomic E-state index is 0.00403. The van der Waals surface area contributed by atoms with Crippen LogP contribution in [0, 0.1) is 0 Å². The fraction of sp³-hybridized carbons (Fsp3) is 0.286. The molecule has 4 rings (SSSR count). The molecule has 0 unspecified atom stereocenters. The van der Waals surface area contributed by atoms with Crippen LogP contribution in [-0.2, 0) is 4.79 Å². The van der Waals surface area contributed by atoms with E-state index in [1.807, 2.05) is 59.0 Å². The van der Waals surface area contributed by atoms with Crippen molar-refractivity contribution in [2.24, 2.45) is 0 Å². The van der Waals surface area contributed by atoms with E-state index in [9.17, 15) is 4.79 Å². The smallest absolute Gasteiger partial charge is 0.231 e. The Labute approximate surface area is 163 Å². The number of carbonyl (C=O) groups is 1. The van der Waals surface area contributed by atoms with Gasteiger partial charge < -0.3 is 0 Å². The number of amides is 1. The van der Waals surface area contributed by atoms with E-state index < -0.39 is 0 Å². The second-order valence-corrected chi connectivity index (χ2v) is 7.18. The van der Waals surface area contributed by atoms with Crippen molar-refractivity contribution < 1.29 is 4.79 Å². The molecule has 0 radical (unpaired) electrons. The van der Waals surface area contributed by atoms with Crippen molar-refractivity contribution in [1.29, 1.82) is 0 Å². The molecule has 1 aliphatic rings. The minimum Gasteiger partial charge on any atom is -0.274 e. The summed E-state index contributed by atoms with van der Waals surface area (Å²) < 4.78 is 1.86. The van der Waals surface area contributed by atoms with Gasteiger partial charge in [-0.2, -0.15) is 10.1 Å². The van der Waals surface area contributed by atoms with E-state index in [-0.39, 0.29) is 18.0 Å². The molecule has 2 heterocycles. The average Bonchev–Trinajstić information content (AvgIpc) is 3.18. The summed E-state index contributed by atoms with van der Waals surface area (Å²) in [6, 6.07) is 17.9. The van der Waals surface area contributed by atoms with E-state index in [2.05, 4.69) is 22.2 Å². The SMILES string of the molecule is CCCC(=O)N1c2ncnn2[C@H](c2ccc(Cl)cc2)C[C@H]1c1ccccc1. The van der Waals surface area contributed by atoms with Gasteiger partial charge in [0.05, 0.1) is 12.1 Å². The summed E-state index contributed by atoms with van der Waals surface area (Å²) in [4.78, 5) is 19.2. The number of rotatable bonds is 4. The lowest BCUT2D eigenvalue weighted by Crippen LogP contribution is -2.42. The highest BCUT2D eigenvalue weighted by Gasteiger charge is 2.38. The van der Waals surface area contributed by atoms with Gasteiger partial charge in [0.1, 0.15) is 6.33 Å². The molecule has 6 heteroatoms. The number of fused-ring (bicyclic) bond motifs is 1. The summed E-state index contributed by atoms with van der Waals surface area (Å²) in [5.74, 6) is 0.684. The second kappa shape index (κ2) is 7.53. The standard InChI is InChI=1S/C21H21ClN4O/c1-2-6-20(27)25-18(15-7-4-3-5-8-15)13-19(26-21(25)23-14-24-26)16-9-11-17(22)12-10-16/h3-5,7-12,14,18-19H,2,6,13H2,1H3/t18-,19-/m0/s1. The van der Waals surface area contributed by atoms with Crippen LogP contribution in [-0.4, -0.2) is 20.7 Å². The number of carbonyl (C=O) groups excluding carboxylic acids is 1. The summed E-state index contributed by atoms with van der Waals surface area (Å²) in [6.45, 7) is 2.01. The normalized spacial score (nSPS) is 19.0. The third-order valence-corrected chi connectivity index (χ3v) is 5.25. The summed E-state index contributed by atoms with van der Waals surface area (Å²) in [5.41, 5.74) is 2.21. The van der Waals surface area contributed by atoms with Crippen molar-refractivity contribution in [2.75, 3.05) is 4.90 Å². The molecular formula is C21H21ClN4O. The largest absolute Gasteiger partial charge is 0.274 e. The summed E-state index contributed by atoms with van der Waals surface area (Å²) in [5, 5.41) is 5.14. The molecule has 5 nitrogen and oxygen atoms in total. The van der Waals surface area contributed by atoms with Crippen LogP contribution in [0.2, 0.25) is 5.02 Å². The molecule has 3 aromatic rings. The maximum Gasteiger partial charge on any atom is 0.231 e. The van der Waals surface area contributed by atoms with Gasteiger partial charge >= 0.3 is 0 Å². The second-order valence-electron chi connectivity index (χ2n) is 6.75. The molecule has 0 spiro atoms. The van der Waals surface area contributed by atoms with Gasteiger partial charge in [0.2, 0.25) is 11.9 Å². The van der Waals surface area contributed by atoms with Crippen LogP contribution in [0.5, 0.6) is 0 Å². The van der Waals surface area contributed by atoms with Crippen LogP contribution in [0.1, 0.15) is 49.4 Å². The Morgan fingerprint density at radius 2 is 1.78 bits per heavy atom. The predicted molar refractivity (Wildman–Crippen MR) is 106 cm³/mol. The van der Waals surface area contributed by atoms with E-state index in [1.54, 1.807) is 0 Å². The summed E-state index contributed by atoms with van der Waals surface area (Å²) >= 11 is 6.07. The Bertz CT molecular complexity index is 923. The van der Waals surface area contributed by atoms with Gasteiger partial charge in [-0.05, 0) is 36.1 Å². The highest BCUT2D eigenvalue weighted by atomic mass is 35.5. The number of hydrogen-bond acceptors (Lipinski definition) is 3. The number of halogens is 1. The van der Waals surface area contributed by atoms with Gasteiger partial charge in [-0.15, -0.1) is 0 Å². The monoisotopic (exact) mass is 380 g/mol. The van der Waals surface area contributed by atoms with Crippen molar-refractivity contribution in [3.63, 3.8) is 0 Å². The third-order valence-electron chi connectivity index (χ3n) is 4.99. The zero-order chi connectivity index (χ0) is 18.8. The molecule has 0 saturated carbocycles. The van der Waals surface area contributed by atoms with Gasteiger partial charge in [0.15, 0.2) is 0 Å². The van der Waals surface area contributed by atoms with E-state index in [1.165, 1.54) is 6.33 Å². The Hall–Kier alpha value is -2.66. The molecule has 0 saturated heterocycles. The average molecular weight is 381 g/mol. The van der Waals surface area contributed by atoms with E-state index in [0.29, 0.717) is 17.4 Å². The zero-order valence-electron chi connectivity index (χ0n) is 15.1. The van der Waals surface area contributed by atoms with E-state index in [0.717, 1.165) is 24.0 Å². The molecule has 138 valence electrons. The van der Waals surface area contributed by atoms with E-state index >= 15 is 0 Å². The molecule has 0 N–H and O–H groups in total. The molecule has 1 aromatic heterocycles. The maximum atomic E-state index is 13.0. The van der Waals surface area contributed by atoms with Crippen molar-refractivity contribution in [3.05, 3.63) is 77.1 Å². The Balaban J connectivity index is 1.82. The summed E-state index contributed by atoms with van der Waals surface area (Å²) in [7, 11) is 0. The molecular weight excluding hydrogens is 360 g/mol. The first-order chi connectivity index (χ1) is 13.2. The van der Waals surface area contributed by atoms with Crippen molar-refractivity contribution in [3.8, 4) is 0 Å². The number of aromatic nitrogens is 3. The van der Waals surface area contributed by atoms with Gasteiger partial charge in [-0.1, -0.05) is 61.0 Å². The van der Waals surface area contributed by atoms with Crippen molar-refractivity contribution >= 4 is 23.5 Å². The predicted octanol–water partition coefficient (Wildman–Crippen LogP) is 4.80. The fourth-order valence-corrected chi connectivity index (χ4v) is 3.86. The summed E-state index contributed by atoms with van der Waals surface area (Å²) in [6.07, 6.45) is 3.54. The highest BCUT2D eigenvalue weighted by molar-refractivity contribution is 6.30. The first-order valence-electron chi connectivity index (χ1n) is 9.21. The number of hydrogen-bond donors (Lipinski definition) is 0. The van der Waals surface area contributed by atoms with Gasteiger partial charge in [-0.25, -0.2) is 4.68 Å². The Morgan fingerprint density at radius 1 is 1.07 bits per heavy atom. The molecule has 0 fully saturated rings. The van der Waals surface area contributed by atoms with Crippen LogP contribution in [0.25, 0.3) is 0 Å². The lowest BCUT2D eigenvalue weighted by molar-refractivity contribution is -0.119. The topological polar surface area (TPSA) is 51.0 Å². The maximum absolute atomic E-state index is 13.0. The third kappa shape index (κ3) is 3.35. The van der Waals surface area contributed by atoms with Crippen LogP contribution < -0.4 is 4.90 Å². The zero-order valence-corrected chi connectivity index (χ0v) is 15.9. The Morgan fingerprint density at radius 3 is 2.48 bits per heavy atom. The van der Waals surface area contributed by atoms with E-state index in [4.69, 9.17) is 11.6 Å². The number of benzene rings is 2. The van der Waals surface area contributed by atoms with Crippen LogP contribution >= 0.6 is 11.6 Å². The first-order valence-corrected chi connectivity index (χ1v) is 9.58. The van der Waals surface area contributed by atoms with Crippen molar-refractivity contribution in [1.82, 2.24) is 14.8 Å². The van der Waals surface area contributed by atoms with Crippen molar-refractivity contribution in [2.45, 2.75) is 38.3 Å². The van der Waals surface area contributed by atoms with Crippen LogP contribution in [0.3, 0.4) is 0 Å². The number of anilines is 1. The molecule has 1 amide bonds. The quantitative estimate of drug-likeness (QED) is 0.653. The van der Waals surface area contributed by atoms with Gasteiger partial charge in [-0.3, -0.25) is 9.69 Å². The molecule has 1 aliphatic heterocycles. The van der Waals surface area contributed by atoms with Crippen LogP contribution in [0.4, 0.5) is 5.95 Å². The number of nitrogens with zero attached hydrogens (tertiary/aromatic N) is 4. The fourth-order valence-electron chi connectivity index (χ4n) is 3.73. The molecule has 27 heavy (non-hydrogen) atoms. The molecule has 2 atom stereocenters. The molecule has 0 aliphatic carbocycles. The van der Waals surface area contributed by atoms with Gasteiger partial charge in [0, 0.05) is 11.4 Å². The molecule has 2 aromatic carbocycles. The lowest BCUT2D eigenvalue weighted by atomic mass is 9.91. The van der Waals surface area contributed by atoms with Crippen LogP contribution in [0.15, 0.2) is 60.9 Å². The molecule has 0 bridgehead atoms. The van der Waals surface area contributed by atoms with Gasteiger partial charge in [0.25, 0.3) is 0 Å².